The van der Waals surface area contributed by atoms with Crippen LogP contribution in [0.4, 0.5) is 0 Å². The molecule has 1 aliphatic heterocycles. The number of carbonyl (C=O) groups is 1. The number of fused-ring (bicyclic) bond motifs is 2. The quantitative estimate of drug-likeness (QED) is 0.0663. The van der Waals surface area contributed by atoms with E-state index in [0.717, 1.165) is 36.8 Å². The summed E-state index contributed by atoms with van der Waals surface area (Å²) in [5, 5.41) is 43.7. The number of amides is 1. The molecule has 3 aliphatic rings. The van der Waals surface area contributed by atoms with Gasteiger partial charge in [-0.15, -0.1) is 6.58 Å². The van der Waals surface area contributed by atoms with Gasteiger partial charge >= 0.3 is 0 Å². The van der Waals surface area contributed by atoms with E-state index in [9.17, 15) is 25.4 Å². The lowest BCUT2D eigenvalue weighted by Crippen LogP contribution is -2.70. The van der Waals surface area contributed by atoms with Crippen molar-refractivity contribution in [2.45, 2.75) is 89.1 Å². The first-order valence-electron chi connectivity index (χ1n) is 20.6. The molecule has 1 heterocycles. The maximum absolute atomic E-state index is 14.9. The van der Waals surface area contributed by atoms with Gasteiger partial charge in [0, 0.05) is 43.2 Å². The fourth-order valence-electron chi connectivity index (χ4n) is 8.67. The Labute approximate surface area is 343 Å². The molecule has 0 radical (unpaired) electrons. The monoisotopic (exact) mass is 799 g/mol. The molecule has 2 aromatic rings. The standard InChI is InChI=1S/C46H61N3O9/c1-6-24-55-35-18-19-40-38(29-35)42-36(13-9-11-22-51)34(12-8-10-21-50)28-37-39(48-58-45(3,4)5)30-41(46(57-40,43(37)42)56-25-7-2)49(20-26-54-27-23-52)44(53)33-16-14-32(31-47)15-17-33/h6-7,14-19,28-29,34,36,41-43,50-52H,1-2,8-13,20-27,30H2,3-5H3/t34-,36+,41-,42+,43+,46+/m0/s1. The van der Waals surface area contributed by atoms with Crippen molar-refractivity contribution in [1.82, 2.24) is 4.90 Å². The predicted molar refractivity (Wildman–Crippen MR) is 222 cm³/mol. The van der Waals surface area contributed by atoms with E-state index in [2.05, 4.69) is 25.3 Å². The lowest BCUT2D eigenvalue weighted by molar-refractivity contribution is -0.254. The van der Waals surface area contributed by atoms with Crippen molar-refractivity contribution in [2.24, 2.45) is 22.9 Å². The topological polar surface area (TPSA) is 163 Å². The van der Waals surface area contributed by atoms with E-state index in [4.69, 9.17) is 28.9 Å². The van der Waals surface area contributed by atoms with Crippen molar-refractivity contribution >= 4 is 11.6 Å². The molecule has 0 unspecified atom stereocenters. The molecule has 6 atom stereocenters. The predicted octanol–water partition coefficient (Wildman–Crippen LogP) is 6.71. The number of hydrogen-bond acceptors (Lipinski definition) is 11. The van der Waals surface area contributed by atoms with Crippen molar-refractivity contribution in [1.29, 1.82) is 5.26 Å². The summed E-state index contributed by atoms with van der Waals surface area (Å²) in [6.07, 6.45) is 10.4. The highest BCUT2D eigenvalue weighted by molar-refractivity contribution is 6.03. The number of hydrogen-bond donors (Lipinski definition) is 3. The summed E-state index contributed by atoms with van der Waals surface area (Å²) >= 11 is 0. The minimum absolute atomic E-state index is 0.0436. The van der Waals surface area contributed by atoms with Gasteiger partial charge in [-0.1, -0.05) is 42.8 Å². The van der Waals surface area contributed by atoms with Crippen LogP contribution in [-0.2, 0) is 14.3 Å². The highest BCUT2D eigenvalue weighted by Gasteiger charge is 2.65. The molecule has 12 heteroatoms. The third kappa shape index (κ3) is 10.4. The Balaban J connectivity index is 1.81. The SMILES string of the molecule is C=CCOc1ccc2c(c1)[C@H]1[C@H](CCCCO)[C@@H](CCCCO)C=C3C(=NOC(C)(C)C)C[C@H](N(CCOCCO)C(=O)c4ccc(C#N)cc4)[C@@](OCC=C)(O2)[C@H]31. The van der Waals surface area contributed by atoms with Crippen molar-refractivity contribution in [2.75, 3.05) is 52.8 Å². The third-order valence-electron chi connectivity index (χ3n) is 11.1. The van der Waals surface area contributed by atoms with E-state index >= 15 is 0 Å². The number of aliphatic hydroxyl groups is 3. The van der Waals surface area contributed by atoms with Crippen LogP contribution >= 0.6 is 0 Å². The van der Waals surface area contributed by atoms with Gasteiger partial charge in [0.2, 0.25) is 5.79 Å². The fraction of sp³-hybridized carbons (Fsp3) is 0.543. The Morgan fingerprint density at radius 3 is 2.38 bits per heavy atom. The van der Waals surface area contributed by atoms with Crippen LogP contribution in [0.25, 0.3) is 0 Å². The number of allylic oxidation sites excluding steroid dienone is 1. The van der Waals surface area contributed by atoms with Crippen molar-refractivity contribution < 1.29 is 43.9 Å². The Bertz CT molecular complexity index is 1800. The van der Waals surface area contributed by atoms with E-state index in [1.807, 2.05) is 39.0 Å². The summed E-state index contributed by atoms with van der Waals surface area (Å²) in [6.45, 7) is 14.4. The van der Waals surface area contributed by atoms with Crippen molar-refractivity contribution in [3.63, 3.8) is 0 Å². The number of nitrogens with zero attached hydrogens (tertiary/aromatic N) is 3. The van der Waals surface area contributed by atoms with E-state index in [0.29, 0.717) is 47.8 Å². The lowest BCUT2D eigenvalue weighted by atomic mass is 9.55. The number of nitriles is 1. The second-order valence-electron chi connectivity index (χ2n) is 16.1. The normalized spacial score (nSPS) is 24.1. The molecule has 3 N–H and O–H groups in total. The van der Waals surface area contributed by atoms with Gasteiger partial charge in [0.05, 0.1) is 49.7 Å². The van der Waals surface area contributed by atoms with Gasteiger partial charge in [0.15, 0.2) is 0 Å². The average Bonchev–Trinajstić information content (AvgIpc) is 3.22. The number of oxime groups is 1. The summed E-state index contributed by atoms with van der Waals surface area (Å²) in [6, 6.07) is 13.7. The van der Waals surface area contributed by atoms with Gasteiger partial charge < -0.3 is 44.0 Å². The Hall–Kier alpha value is -4.51. The molecule has 0 aromatic heterocycles. The zero-order chi connectivity index (χ0) is 41.7. The van der Waals surface area contributed by atoms with Gasteiger partial charge in [-0.05, 0) is 106 Å². The van der Waals surface area contributed by atoms with Gasteiger partial charge in [0.1, 0.15) is 29.7 Å². The van der Waals surface area contributed by atoms with Gasteiger partial charge in [0.25, 0.3) is 5.91 Å². The number of carbonyl (C=O) groups excluding carboxylic acids is 1. The smallest absolute Gasteiger partial charge is 0.254 e. The highest BCUT2D eigenvalue weighted by atomic mass is 16.7. The molecule has 314 valence electrons. The molecule has 2 aromatic carbocycles. The molecule has 12 nitrogen and oxygen atoms in total. The Kier molecular flexibility index (Phi) is 16.1. The number of aliphatic hydroxyl groups excluding tert-OH is 3. The minimum atomic E-state index is -1.47. The maximum Gasteiger partial charge on any atom is 0.254 e. The van der Waals surface area contributed by atoms with Crippen LogP contribution in [0.15, 0.2) is 84.6 Å². The summed E-state index contributed by atoms with van der Waals surface area (Å²) < 4.78 is 26.2. The molecule has 58 heavy (non-hydrogen) atoms. The molecule has 1 amide bonds. The molecule has 5 rings (SSSR count). The van der Waals surface area contributed by atoms with Crippen LogP contribution < -0.4 is 9.47 Å². The third-order valence-corrected chi connectivity index (χ3v) is 11.1. The zero-order valence-corrected chi connectivity index (χ0v) is 34.3. The maximum atomic E-state index is 14.9. The Morgan fingerprint density at radius 1 is 1.00 bits per heavy atom. The molecule has 2 aliphatic carbocycles. The second kappa shape index (κ2) is 21.0. The van der Waals surface area contributed by atoms with E-state index < -0.39 is 23.3 Å². The molecule has 1 fully saturated rings. The van der Waals surface area contributed by atoms with Crippen molar-refractivity contribution in [3.8, 4) is 17.6 Å². The van der Waals surface area contributed by atoms with Gasteiger partial charge in [-0.25, -0.2) is 0 Å². The van der Waals surface area contributed by atoms with E-state index in [-0.39, 0.29) is 76.3 Å². The average molecular weight is 800 g/mol. The van der Waals surface area contributed by atoms with Crippen LogP contribution in [0.3, 0.4) is 0 Å². The summed E-state index contributed by atoms with van der Waals surface area (Å²) in [4.78, 5) is 22.9. The lowest BCUT2D eigenvalue weighted by Gasteiger charge is -2.60. The zero-order valence-electron chi connectivity index (χ0n) is 34.3. The van der Waals surface area contributed by atoms with E-state index in [1.54, 1.807) is 41.3 Å². The number of rotatable bonds is 22. The van der Waals surface area contributed by atoms with Gasteiger partial charge in [-0.3, -0.25) is 4.79 Å². The number of benzene rings is 2. The van der Waals surface area contributed by atoms with Gasteiger partial charge in [-0.2, -0.15) is 5.26 Å². The first-order valence-corrected chi connectivity index (χ1v) is 20.6. The largest absolute Gasteiger partial charge is 0.490 e. The molecule has 1 saturated carbocycles. The second-order valence-corrected chi connectivity index (χ2v) is 16.1. The van der Waals surface area contributed by atoms with Crippen LogP contribution in [0.5, 0.6) is 11.5 Å². The highest BCUT2D eigenvalue weighted by Crippen LogP contribution is 2.62. The summed E-state index contributed by atoms with van der Waals surface area (Å²) in [5.74, 6) is -1.12. The molecule has 0 bridgehead atoms. The minimum Gasteiger partial charge on any atom is -0.490 e. The molecular formula is C46H61N3O9. The van der Waals surface area contributed by atoms with Crippen LogP contribution in [0.1, 0.15) is 93.1 Å². The first-order chi connectivity index (χ1) is 28.0. The molecule has 0 spiro atoms. The number of unbranched alkanes of at least 4 members (excludes halogenated alkanes) is 2. The van der Waals surface area contributed by atoms with E-state index in [1.165, 1.54) is 0 Å². The summed E-state index contributed by atoms with van der Waals surface area (Å²) in [7, 11) is 0. The molecule has 0 saturated heterocycles. The van der Waals surface area contributed by atoms with Crippen LogP contribution in [-0.4, -0.2) is 102 Å². The fourth-order valence-corrected chi connectivity index (χ4v) is 8.67. The summed E-state index contributed by atoms with van der Waals surface area (Å²) in [5.41, 5.74) is 2.72. The Morgan fingerprint density at radius 2 is 1.72 bits per heavy atom. The number of ether oxygens (including phenoxy) is 4. The first kappa shape index (κ1) is 44.6. The molecular weight excluding hydrogens is 739 g/mol. The van der Waals surface area contributed by atoms with Crippen LogP contribution in [0, 0.1) is 29.1 Å². The van der Waals surface area contributed by atoms with Crippen LogP contribution in [0.2, 0.25) is 0 Å². The van der Waals surface area contributed by atoms with Crippen molar-refractivity contribution in [3.05, 3.63) is 96.1 Å².